The van der Waals surface area contributed by atoms with Crippen LogP contribution < -0.4 is 5.32 Å². The van der Waals surface area contributed by atoms with Crippen LogP contribution in [0, 0.1) is 0 Å². The van der Waals surface area contributed by atoms with Crippen molar-refractivity contribution in [2.75, 3.05) is 11.1 Å². The van der Waals surface area contributed by atoms with Crippen LogP contribution in [0.4, 0.5) is 5.00 Å². The highest BCUT2D eigenvalue weighted by Crippen LogP contribution is 2.40. The van der Waals surface area contributed by atoms with Gasteiger partial charge >= 0.3 is 0 Å². The van der Waals surface area contributed by atoms with Crippen LogP contribution in [0.2, 0.25) is 0 Å². The maximum absolute atomic E-state index is 13.0. The number of carbonyl (C=O) groups is 2. The second-order valence-electron chi connectivity index (χ2n) is 6.03. The third kappa shape index (κ3) is 3.70. The number of nitrogens with zero attached hydrogens (tertiary/aromatic N) is 1. The van der Waals surface area contributed by atoms with Crippen LogP contribution in [0.15, 0.2) is 24.5 Å². The summed E-state index contributed by atoms with van der Waals surface area (Å²) >= 11 is 3.16. The van der Waals surface area contributed by atoms with Crippen LogP contribution in [-0.2, 0) is 17.6 Å². The molecule has 0 aliphatic heterocycles. The fourth-order valence-corrected chi connectivity index (χ4v) is 4.65. The van der Waals surface area contributed by atoms with Gasteiger partial charge in [-0.25, -0.2) is 0 Å². The summed E-state index contributed by atoms with van der Waals surface area (Å²) in [5, 5.41) is 4.08. The number of thioether (sulfide) groups is 1. The summed E-state index contributed by atoms with van der Waals surface area (Å²) in [7, 11) is 0. The number of nitrogens with one attached hydrogen (secondary N) is 1. The standard InChI is InChI=1S/C18H20N2O2S2/c1-11(2)23-10-15(21)20-18-16(13-4-3-5-14(13)24-18)17(22)12-6-8-19-9-7-12/h6-9,11H,3-5,10H2,1-2H3,(H,20,21). The average molecular weight is 361 g/mol. The molecule has 2 heterocycles. The molecule has 0 saturated heterocycles. The van der Waals surface area contributed by atoms with Crippen molar-refractivity contribution in [3.05, 3.63) is 46.1 Å². The molecule has 4 nitrogen and oxygen atoms in total. The predicted octanol–water partition coefficient (Wildman–Crippen LogP) is 3.94. The summed E-state index contributed by atoms with van der Waals surface area (Å²) in [5.74, 6) is 0.337. The van der Waals surface area contributed by atoms with E-state index in [0.29, 0.717) is 27.1 Å². The van der Waals surface area contributed by atoms with E-state index in [9.17, 15) is 9.59 Å². The van der Waals surface area contributed by atoms with Gasteiger partial charge in [0.2, 0.25) is 5.91 Å². The normalized spacial score (nSPS) is 13.1. The Bertz CT molecular complexity index is 754. The van der Waals surface area contributed by atoms with E-state index in [1.54, 1.807) is 47.6 Å². The number of ketones is 1. The number of aryl methyl sites for hydroxylation is 1. The van der Waals surface area contributed by atoms with E-state index in [0.717, 1.165) is 24.8 Å². The molecule has 0 bridgehead atoms. The highest BCUT2D eigenvalue weighted by atomic mass is 32.2. The molecule has 1 N–H and O–H groups in total. The van der Waals surface area contributed by atoms with Crippen molar-refractivity contribution in [1.82, 2.24) is 4.98 Å². The number of aromatic nitrogens is 1. The fourth-order valence-electron chi connectivity index (χ4n) is 2.79. The highest BCUT2D eigenvalue weighted by Gasteiger charge is 2.28. The third-order valence-electron chi connectivity index (χ3n) is 3.89. The van der Waals surface area contributed by atoms with Crippen molar-refractivity contribution in [1.29, 1.82) is 0 Å². The summed E-state index contributed by atoms with van der Waals surface area (Å²) < 4.78 is 0. The van der Waals surface area contributed by atoms with Gasteiger partial charge in [0, 0.05) is 22.8 Å². The van der Waals surface area contributed by atoms with Gasteiger partial charge in [-0.3, -0.25) is 14.6 Å². The Kier molecular flexibility index (Phi) is 5.36. The summed E-state index contributed by atoms with van der Waals surface area (Å²) in [6.07, 6.45) is 6.23. The summed E-state index contributed by atoms with van der Waals surface area (Å²) in [5.41, 5.74) is 2.42. The molecule has 0 unspecified atom stereocenters. The number of fused-ring (bicyclic) bond motifs is 1. The monoisotopic (exact) mass is 360 g/mol. The molecule has 0 fully saturated rings. The second-order valence-corrected chi connectivity index (χ2v) is 8.70. The van der Waals surface area contributed by atoms with E-state index in [1.807, 2.05) is 0 Å². The number of carbonyl (C=O) groups excluding carboxylic acids is 2. The largest absolute Gasteiger partial charge is 0.316 e. The summed E-state index contributed by atoms with van der Waals surface area (Å²) in [4.78, 5) is 30.4. The zero-order valence-electron chi connectivity index (χ0n) is 13.8. The molecular weight excluding hydrogens is 340 g/mol. The smallest absolute Gasteiger partial charge is 0.234 e. The van der Waals surface area contributed by atoms with Crippen LogP contribution in [0.25, 0.3) is 0 Å². The molecule has 3 rings (SSSR count). The van der Waals surface area contributed by atoms with E-state index < -0.39 is 0 Å². The number of thiophene rings is 1. The van der Waals surface area contributed by atoms with Crippen molar-refractivity contribution in [2.45, 2.75) is 38.4 Å². The minimum Gasteiger partial charge on any atom is -0.316 e. The Morgan fingerprint density at radius 1 is 1.29 bits per heavy atom. The van der Waals surface area contributed by atoms with Crippen LogP contribution in [0.3, 0.4) is 0 Å². The molecule has 6 heteroatoms. The van der Waals surface area contributed by atoms with Gasteiger partial charge in [-0.15, -0.1) is 23.1 Å². The highest BCUT2D eigenvalue weighted by molar-refractivity contribution is 8.00. The average Bonchev–Trinajstić information content (AvgIpc) is 3.13. The SMILES string of the molecule is CC(C)SCC(=O)Nc1sc2c(c1C(=O)c1ccncc1)CCC2. The van der Waals surface area contributed by atoms with Crippen molar-refractivity contribution < 1.29 is 9.59 Å². The van der Waals surface area contributed by atoms with Gasteiger partial charge in [-0.1, -0.05) is 13.8 Å². The number of pyridine rings is 1. The van der Waals surface area contributed by atoms with Gasteiger partial charge in [-0.2, -0.15) is 0 Å². The van der Waals surface area contributed by atoms with Gasteiger partial charge in [0.15, 0.2) is 5.78 Å². The summed E-state index contributed by atoms with van der Waals surface area (Å²) in [6, 6.07) is 3.45. The minimum atomic E-state index is -0.0441. The lowest BCUT2D eigenvalue weighted by atomic mass is 10.0. The first-order chi connectivity index (χ1) is 11.6. The Labute approximate surface area is 150 Å². The van der Waals surface area contributed by atoms with E-state index in [-0.39, 0.29) is 11.7 Å². The molecule has 1 amide bonds. The Hall–Kier alpha value is -1.66. The number of anilines is 1. The Morgan fingerprint density at radius 2 is 2.04 bits per heavy atom. The minimum absolute atomic E-state index is 0.0244. The molecule has 24 heavy (non-hydrogen) atoms. The first kappa shape index (κ1) is 17.2. The first-order valence-corrected chi connectivity index (χ1v) is 9.93. The van der Waals surface area contributed by atoms with Crippen molar-refractivity contribution in [2.24, 2.45) is 0 Å². The van der Waals surface area contributed by atoms with Crippen molar-refractivity contribution in [3.8, 4) is 0 Å². The maximum atomic E-state index is 13.0. The molecule has 2 aromatic rings. The lowest BCUT2D eigenvalue weighted by molar-refractivity contribution is -0.113. The molecule has 0 radical (unpaired) electrons. The van der Waals surface area contributed by atoms with Crippen molar-refractivity contribution in [3.63, 3.8) is 0 Å². The molecule has 0 aromatic carbocycles. The zero-order chi connectivity index (χ0) is 17.1. The van der Waals surface area contributed by atoms with Gasteiger partial charge in [0.25, 0.3) is 0 Å². The van der Waals surface area contributed by atoms with Gasteiger partial charge in [0.05, 0.1) is 11.3 Å². The molecule has 1 aliphatic rings. The van der Waals surface area contributed by atoms with E-state index in [1.165, 1.54) is 4.88 Å². The predicted molar refractivity (Wildman–Crippen MR) is 100 cm³/mol. The third-order valence-corrected chi connectivity index (χ3v) is 6.19. The van der Waals surface area contributed by atoms with Gasteiger partial charge in [0.1, 0.15) is 5.00 Å². The molecular formula is C18H20N2O2S2. The summed E-state index contributed by atoms with van der Waals surface area (Å²) in [6.45, 7) is 4.13. The van der Waals surface area contributed by atoms with Crippen LogP contribution in [0.1, 0.15) is 46.6 Å². The number of amides is 1. The molecule has 0 saturated carbocycles. The quantitative estimate of drug-likeness (QED) is 0.793. The van der Waals surface area contributed by atoms with E-state index in [4.69, 9.17) is 0 Å². The van der Waals surface area contributed by atoms with Crippen LogP contribution in [0.5, 0.6) is 0 Å². The zero-order valence-corrected chi connectivity index (χ0v) is 15.4. The van der Waals surface area contributed by atoms with E-state index >= 15 is 0 Å². The Morgan fingerprint density at radius 3 is 2.75 bits per heavy atom. The molecule has 1 aliphatic carbocycles. The van der Waals surface area contributed by atoms with Crippen LogP contribution >= 0.6 is 23.1 Å². The lowest BCUT2D eigenvalue weighted by Gasteiger charge is -2.09. The maximum Gasteiger partial charge on any atom is 0.234 e. The second kappa shape index (κ2) is 7.49. The molecule has 126 valence electrons. The fraction of sp³-hybridized carbons (Fsp3) is 0.389. The number of hydrogen-bond donors (Lipinski definition) is 1. The van der Waals surface area contributed by atoms with E-state index in [2.05, 4.69) is 24.1 Å². The molecule has 0 spiro atoms. The Balaban J connectivity index is 1.88. The number of hydrogen-bond acceptors (Lipinski definition) is 5. The van der Waals surface area contributed by atoms with Gasteiger partial charge < -0.3 is 5.32 Å². The first-order valence-electron chi connectivity index (χ1n) is 8.07. The lowest BCUT2D eigenvalue weighted by Crippen LogP contribution is -2.17. The molecule has 2 aromatic heterocycles. The van der Waals surface area contributed by atoms with Crippen molar-refractivity contribution >= 4 is 39.8 Å². The molecule has 0 atom stereocenters. The number of rotatable bonds is 6. The topological polar surface area (TPSA) is 59.1 Å². The van der Waals surface area contributed by atoms with Crippen LogP contribution in [-0.4, -0.2) is 27.7 Å². The van der Waals surface area contributed by atoms with Gasteiger partial charge in [-0.05, 0) is 42.2 Å².